The summed E-state index contributed by atoms with van der Waals surface area (Å²) >= 11 is 0.920. The summed E-state index contributed by atoms with van der Waals surface area (Å²) in [4.78, 5) is 0.539. The predicted molar refractivity (Wildman–Crippen MR) is 82.1 cm³/mol. The number of nitrogens with zero attached hydrogens (tertiary/aromatic N) is 1. The summed E-state index contributed by atoms with van der Waals surface area (Å²) in [6.45, 7) is 0. The van der Waals surface area contributed by atoms with Gasteiger partial charge in [-0.15, -0.1) is 11.3 Å². The molecule has 0 unspecified atom stereocenters. The molecule has 0 aliphatic carbocycles. The molecule has 0 amide bonds. The molecule has 3 aromatic rings. The molecule has 0 bridgehead atoms. The molecule has 1 aromatic carbocycles. The lowest BCUT2D eigenvalue weighted by atomic mass is 10.2. The monoisotopic (exact) mass is 374 g/mol. The van der Waals surface area contributed by atoms with Gasteiger partial charge in [0.15, 0.2) is 5.76 Å². The van der Waals surface area contributed by atoms with Gasteiger partial charge in [-0.2, -0.15) is 13.2 Å². The number of hydrogen-bond donors (Lipinski definition) is 1. The highest BCUT2D eigenvalue weighted by molar-refractivity contribution is 7.94. The maximum absolute atomic E-state index is 12.7. The van der Waals surface area contributed by atoms with E-state index in [2.05, 4.69) is 9.88 Å². The van der Waals surface area contributed by atoms with Gasteiger partial charge in [-0.1, -0.05) is 11.2 Å². The number of rotatable bonds is 4. The van der Waals surface area contributed by atoms with E-state index in [4.69, 9.17) is 4.52 Å². The van der Waals surface area contributed by atoms with E-state index < -0.39 is 21.8 Å². The molecule has 0 saturated carbocycles. The fourth-order valence-corrected chi connectivity index (χ4v) is 4.22. The van der Waals surface area contributed by atoms with Crippen molar-refractivity contribution in [1.82, 2.24) is 5.16 Å². The van der Waals surface area contributed by atoms with E-state index in [9.17, 15) is 21.6 Å². The van der Waals surface area contributed by atoms with Gasteiger partial charge in [-0.05, 0) is 30.3 Å². The number of hydrogen-bond acceptors (Lipinski definition) is 5. The fraction of sp³-hybridized carbons (Fsp3) is 0.0714. The van der Waals surface area contributed by atoms with Crippen molar-refractivity contribution < 1.29 is 26.1 Å². The van der Waals surface area contributed by atoms with Gasteiger partial charge in [0.25, 0.3) is 10.0 Å². The van der Waals surface area contributed by atoms with Crippen molar-refractivity contribution in [1.29, 1.82) is 0 Å². The van der Waals surface area contributed by atoms with Crippen LogP contribution in [0.3, 0.4) is 0 Å². The molecule has 5 nitrogen and oxygen atoms in total. The molecule has 0 aliphatic heterocycles. The molecular weight excluding hydrogens is 365 g/mol. The van der Waals surface area contributed by atoms with Gasteiger partial charge < -0.3 is 4.52 Å². The van der Waals surface area contributed by atoms with Crippen LogP contribution in [0.4, 0.5) is 18.9 Å². The Balaban J connectivity index is 1.87. The molecule has 0 fully saturated rings. The highest BCUT2D eigenvalue weighted by atomic mass is 32.2. The zero-order chi connectivity index (χ0) is 17.4. The second kappa shape index (κ2) is 5.95. The lowest BCUT2D eigenvalue weighted by Gasteiger charge is -2.10. The fourth-order valence-electron chi connectivity index (χ4n) is 1.90. The topological polar surface area (TPSA) is 72.2 Å². The van der Waals surface area contributed by atoms with Crippen molar-refractivity contribution in [3.8, 4) is 10.6 Å². The summed E-state index contributed by atoms with van der Waals surface area (Å²) < 4.78 is 69.7. The third kappa shape index (κ3) is 3.44. The van der Waals surface area contributed by atoms with E-state index in [1.807, 2.05) is 0 Å². The normalized spacial score (nSPS) is 12.3. The average Bonchev–Trinajstić information content (AvgIpc) is 3.17. The Hall–Kier alpha value is -2.33. The van der Waals surface area contributed by atoms with Crippen molar-refractivity contribution in [2.75, 3.05) is 4.72 Å². The molecule has 1 N–H and O–H groups in total. The van der Waals surface area contributed by atoms with Gasteiger partial charge in [0.05, 0.1) is 16.6 Å². The van der Waals surface area contributed by atoms with Crippen LogP contribution in [-0.2, 0) is 16.2 Å². The van der Waals surface area contributed by atoms with Crippen LogP contribution in [0.15, 0.2) is 57.4 Å². The third-order valence-electron chi connectivity index (χ3n) is 2.97. The van der Waals surface area contributed by atoms with Crippen LogP contribution in [0.2, 0.25) is 0 Å². The van der Waals surface area contributed by atoms with Gasteiger partial charge >= 0.3 is 6.18 Å². The first-order valence-corrected chi connectivity index (χ1v) is 8.77. The van der Waals surface area contributed by atoms with Gasteiger partial charge in [0.1, 0.15) is 4.21 Å². The van der Waals surface area contributed by atoms with Crippen LogP contribution in [0.25, 0.3) is 10.6 Å². The predicted octanol–water partition coefficient (Wildman–Crippen LogP) is 4.22. The van der Waals surface area contributed by atoms with Crippen molar-refractivity contribution in [3.63, 3.8) is 0 Å². The SMILES string of the molecule is O=S(=O)(Nc1cccc(C(F)(F)F)c1)c1ccc(-c2ccno2)s1. The second-order valence-corrected chi connectivity index (χ2v) is 7.67. The molecule has 10 heteroatoms. The van der Waals surface area contributed by atoms with E-state index in [1.165, 1.54) is 24.4 Å². The summed E-state index contributed by atoms with van der Waals surface area (Å²) in [7, 11) is -4.01. The molecule has 0 atom stereocenters. The lowest BCUT2D eigenvalue weighted by molar-refractivity contribution is -0.137. The third-order valence-corrected chi connectivity index (χ3v) is 5.94. The Kier molecular flexibility index (Phi) is 4.10. The standard InChI is InChI=1S/C14H9F3N2O3S2/c15-14(16,17)9-2-1-3-10(8-9)19-24(20,21)13-5-4-12(23-13)11-6-7-18-22-11/h1-8,19H. The largest absolute Gasteiger partial charge is 0.416 e. The minimum atomic E-state index is -4.55. The van der Waals surface area contributed by atoms with Crippen molar-refractivity contribution in [2.24, 2.45) is 0 Å². The minimum Gasteiger partial charge on any atom is -0.355 e. The maximum atomic E-state index is 12.7. The Bertz CT molecular complexity index is 948. The van der Waals surface area contributed by atoms with Crippen LogP contribution in [0.5, 0.6) is 0 Å². The summed E-state index contributed by atoms with van der Waals surface area (Å²) in [6, 6.07) is 8.44. The number of nitrogens with one attached hydrogen (secondary N) is 1. The Morgan fingerprint density at radius 2 is 1.92 bits per heavy atom. The zero-order valence-electron chi connectivity index (χ0n) is 11.7. The van der Waals surface area contributed by atoms with Crippen molar-refractivity contribution in [3.05, 3.63) is 54.2 Å². The summed E-state index contributed by atoms with van der Waals surface area (Å²) in [5, 5.41) is 3.53. The van der Waals surface area contributed by atoms with Crippen LogP contribution in [0.1, 0.15) is 5.56 Å². The van der Waals surface area contributed by atoms with Gasteiger partial charge in [0.2, 0.25) is 0 Å². The quantitative estimate of drug-likeness (QED) is 0.742. The molecule has 0 radical (unpaired) electrons. The number of aromatic nitrogens is 1. The molecule has 2 aromatic heterocycles. The zero-order valence-corrected chi connectivity index (χ0v) is 13.4. The first kappa shape index (κ1) is 16.5. The van der Waals surface area contributed by atoms with Crippen LogP contribution >= 0.6 is 11.3 Å². The number of anilines is 1. The number of halogens is 3. The lowest BCUT2D eigenvalue weighted by Crippen LogP contribution is -2.12. The van der Waals surface area contributed by atoms with Gasteiger partial charge in [-0.3, -0.25) is 4.72 Å². The molecule has 0 aliphatic rings. The Labute approximate surface area is 138 Å². The Morgan fingerprint density at radius 1 is 1.12 bits per heavy atom. The first-order chi connectivity index (χ1) is 11.3. The number of alkyl halides is 3. The van der Waals surface area contributed by atoms with E-state index in [-0.39, 0.29) is 9.90 Å². The van der Waals surface area contributed by atoms with Crippen LogP contribution in [0, 0.1) is 0 Å². The van der Waals surface area contributed by atoms with Crippen LogP contribution in [-0.4, -0.2) is 13.6 Å². The highest BCUT2D eigenvalue weighted by Crippen LogP contribution is 2.33. The molecular formula is C14H9F3N2O3S2. The van der Waals surface area contributed by atoms with E-state index >= 15 is 0 Å². The number of benzene rings is 1. The van der Waals surface area contributed by atoms with Crippen LogP contribution < -0.4 is 4.72 Å². The summed E-state index contributed by atoms with van der Waals surface area (Å²) in [6.07, 6.45) is -3.13. The summed E-state index contributed by atoms with van der Waals surface area (Å²) in [5.41, 5.74) is -1.10. The molecule has 2 heterocycles. The number of sulfonamides is 1. The number of thiophene rings is 1. The molecule has 0 spiro atoms. The summed E-state index contributed by atoms with van der Waals surface area (Å²) in [5.74, 6) is 0.403. The Morgan fingerprint density at radius 3 is 2.58 bits per heavy atom. The van der Waals surface area contributed by atoms with E-state index in [0.717, 1.165) is 29.5 Å². The van der Waals surface area contributed by atoms with Gasteiger partial charge in [-0.25, -0.2) is 8.42 Å². The minimum absolute atomic E-state index is 0.0497. The molecule has 24 heavy (non-hydrogen) atoms. The molecule has 0 saturated heterocycles. The second-order valence-electron chi connectivity index (χ2n) is 4.68. The van der Waals surface area contributed by atoms with E-state index in [1.54, 1.807) is 6.07 Å². The maximum Gasteiger partial charge on any atom is 0.416 e. The smallest absolute Gasteiger partial charge is 0.355 e. The average molecular weight is 374 g/mol. The molecule has 3 rings (SSSR count). The van der Waals surface area contributed by atoms with E-state index in [0.29, 0.717) is 10.6 Å². The van der Waals surface area contributed by atoms with Gasteiger partial charge in [0, 0.05) is 11.8 Å². The molecule has 126 valence electrons. The first-order valence-electron chi connectivity index (χ1n) is 6.47. The highest BCUT2D eigenvalue weighted by Gasteiger charge is 2.30. The van der Waals surface area contributed by atoms with Crippen molar-refractivity contribution in [2.45, 2.75) is 10.4 Å². The van der Waals surface area contributed by atoms with Crippen molar-refractivity contribution >= 4 is 27.0 Å².